The molecule has 0 spiro atoms. The molecular weight excluding hydrogens is 296 g/mol. The number of hydrogen-bond donors (Lipinski definition) is 1. The quantitative estimate of drug-likeness (QED) is 0.906. The molecule has 0 aliphatic carbocycles. The Balaban J connectivity index is 0.00000176. The fourth-order valence-electron chi connectivity index (χ4n) is 3.64. The highest BCUT2D eigenvalue weighted by Crippen LogP contribution is 2.36. The lowest BCUT2D eigenvalue weighted by Gasteiger charge is -2.42. The molecule has 0 aromatic heterocycles. The van der Waals surface area contributed by atoms with E-state index in [4.69, 9.17) is 10.5 Å². The van der Waals surface area contributed by atoms with Crippen molar-refractivity contribution in [2.24, 2.45) is 11.1 Å². The van der Waals surface area contributed by atoms with Crippen LogP contribution in [0.15, 0.2) is 18.2 Å². The summed E-state index contributed by atoms with van der Waals surface area (Å²) < 4.78 is 5.96. The Bertz CT molecular complexity index is 542. The second kappa shape index (κ2) is 6.03. The maximum atomic E-state index is 6.23. The third-order valence-corrected chi connectivity index (χ3v) is 4.92. The van der Waals surface area contributed by atoms with E-state index in [-0.39, 0.29) is 23.4 Å². The van der Waals surface area contributed by atoms with Gasteiger partial charge in [-0.05, 0) is 42.9 Å². The second-order valence-corrected chi connectivity index (χ2v) is 8.08. The molecule has 4 heteroatoms. The van der Waals surface area contributed by atoms with Crippen molar-refractivity contribution in [2.45, 2.75) is 58.7 Å². The van der Waals surface area contributed by atoms with Crippen molar-refractivity contribution in [1.29, 1.82) is 0 Å². The number of benzene rings is 1. The van der Waals surface area contributed by atoms with E-state index in [0.717, 1.165) is 38.2 Å². The lowest BCUT2D eigenvalue weighted by Crippen LogP contribution is -2.52. The molecule has 2 aliphatic rings. The van der Waals surface area contributed by atoms with Gasteiger partial charge in [-0.25, -0.2) is 0 Å². The van der Waals surface area contributed by atoms with E-state index in [9.17, 15) is 0 Å². The number of halogens is 1. The van der Waals surface area contributed by atoms with Crippen LogP contribution in [0.4, 0.5) is 0 Å². The summed E-state index contributed by atoms with van der Waals surface area (Å²) in [4.78, 5) is 2.53. The van der Waals surface area contributed by atoms with Crippen LogP contribution in [0.1, 0.15) is 45.2 Å². The predicted octanol–water partition coefficient (Wildman–Crippen LogP) is 3.38. The Labute approximate surface area is 140 Å². The number of hydrogen-bond acceptors (Lipinski definition) is 3. The van der Waals surface area contributed by atoms with Gasteiger partial charge in [0, 0.05) is 32.1 Å². The van der Waals surface area contributed by atoms with Gasteiger partial charge >= 0.3 is 0 Å². The Kier molecular flexibility index (Phi) is 4.82. The minimum absolute atomic E-state index is 0. The normalized spacial score (nSPS) is 26.0. The summed E-state index contributed by atoms with van der Waals surface area (Å²) in [6, 6.07) is 7.00. The van der Waals surface area contributed by atoms with Crippen LogP contribution in [-0.4, -0.2) is 29.6 Å². The summed E-state index contributed by atoms with van der Waals surface area (Å²) in [5.74, 6) is 1.06. The van der Waals surface area contributed by atoms with Gasteiger partial charge in [-0.15, -0.1) is 12.4 Å². The summed E-state index contributed by atoms with van der Waals surface area (Å²) in [7, 11) is 0. The first-order chi connectivity index (χ1) is 9.75. The van der Waals surface area contributed by atoms with Crippen molar-refractivity contribution in [3.63, 3.8) is 0 Å². The average molecular weight is 325 g/mol. The number of fused-ring (bicyclic) bond motifs is 1. The van der Waals surface area contributed by atoms with Crippen LogP contribution in [0.2, 0.25) is 0 Å². The van der Waals surface area contributed by atoms with Gasteiger partial charge in [0.25, 0.3) is 0 Å². The van der Waals surface area contributed by atoms with E-state index >= 15 is 0 Å². The van der Waals surface area contributed by atoms with Crippen molar-refractivity contribution in [3.05, 3.63) is 29.3 Å². The summed E-state index contributed by atoms with van der Waals surface area (Å²) in [5.41, 5.74) is 9.12. The van der Waals surface area contributed by atoms with Crippen molar-refractivity contribution < 1.29 is 4.74 Å². The zero-order valence-electron chi connectivity index (χ0n) is 14.2. The molecule has 3 rings (SSSR count). The Hall–Kier alpha value is -0.770. The topological polar surface area (TPSA) is 38.5 Å². The minimum Gasteiger partial charge on any atom is -0.487 e. The number of nitrogens with two attached hydrogens (primary N) is 1. The summed E-state index contributed by atoms with van der Waals surface area (Å²) in [6.45, 7) is 12.1. The molecule has 124 valence electrons. The Morgan fingerprint density at radius 1 is 1.27 bits per heavy atom. The molecule has 1 saturated heterocycles. The zero-order chi connectivity index (χ0) is 15.3. The lowest BCUT2D eigenvalue weighted by atomic mass is 9.79. The van der Waals surface area contributed by atoms with Crippen molar-refractivity contribution in [3.8, 4) is 5.75 Å². The third-order valence-electron chi connectivity index (χ3n) is 4.92. The highest BCUT2D eigenvalue weighted by molar-refractivity contribution is 5.85. The van der Waals surface area contributed by atoms with Gasteiger partial charge < -0.3 is 10.5 Å². The molecule has 0 radical (unpaired) electrons. The molecule has 0 bridgehead atoms. The second-order valence-electron chi connectivity index (χ2n) is 8.08. The van der Waals surface area contributed by atoms with E-state index in [1.165, 1.54) is 11.1 Å². The first-order valence-corrected chi connectivity index (χ1v) is 8.04. The number of rotatable bonds is 2. The van der Waals surface area contributed by atoms with Gasteiger partial charge in [-0.2, -0.15) is 0 Å². The first-order valence-electron chi connectivity index (χ1n) is 8.04. The smallest absolute Gasteiger partial charge is 0.123 e. The highest BCUT2D eigenvalue weighted by Gasteiger charge is 2.34. The van der Waals surface area contributed by atoms with Crippen LogP contribution >= 0.6 is 12.4 Å². The maximum absolute atomic E-state index is 6.23. The van der Waals surface area contributed by atoms with Crippen LogP contribution in [0, 0.1) is 5.41 Å². The van der Waals surface area contributed by atoms with Gasteiger partial charge in [0.1, 0.15) is 11.4 Å². The standard InChI is InChI=1S/C18H28N2O.ClH/c1-17(2)12-20(8-7-16(17)19)11-13-5-6-15-14(9-13)10-18(3,4)21-15;/h5-6,9,16H,7-8,10-12,19H2,1-4H3;1H. The molecule has 22 heavy (non-hydrogen) atoms. The van der Waals surface area contributed by atoms with Crippen LogP contribution in [0.3, 0.4) is 0 Å². The summed E-state index contributed by atoms with van der Waals surface area (Å²) in [6.07, 6.45) is 2.10. The number of likely N-dealkylation sites (tertiary alicyclic amines) is 1. The van der Waals surface area contributed by atoms with Crippen LogP contribution < -0.4 is 10.5 Å². The SMILES string of the molecule is CC1(C)Cc2cc(CN3CCC(N)C(C)(C)C3)ccc2O1.Cl. The maximum Gasteiger partial charge on any atom is 0.123 e. The van der Waals surface area contributed by atoms with Crippen LogP contribution in [0.25, 0.3) is 0 Å². The highest BCUT2D eigenvalue weighted by atomic mass is 35.5. The molecule has 3 nitrogen and oxygen atoms in total. The van der Waals surface area contributed by atoms with E-state index in [1.54, 1.807) is 0 Å². The molecule has 0 saturated carbocycles. The molecule has 1 aromatic carbocycles. The molecule has 2 heterocycles. The number of ether oxygens (including phenoxy) is 1. The first kappa shape index (κ1) is 17.6. The average Bonchev–Trinajstić information content (AvgIpc) is 2.67. The van der Waals surface area contributed by atoms with Gasteiger partial charge in [0.15, 0.2) is 0 Å². The Morgan fingerprint density at radius 2 is 2.00 bits per heavy atom. The van der Waals surface area contributed by atoms with Crippen molar-refractivity contribution >= 4 is 12.4 Å². The fourth-order valence-corrected chi connectivity index (χ4v) is 3.64. The van der Waals surface area contributed by atoms with E-state index in [0.29, 0.717) is 6.04 Å². The summed E-state index contributed by atoms with van der Waals surface area (Å²) >= 11 is 0. The van der Waals surface area contributed by atoms with Gasteiger partial charge in [-0.3, -0.25) is 4.90 Å². The number of nitrogens with zero attached hydrogens (tertiary/aromatic N) is 1. The molecule has 1 aromatic rings. The van der Waals surface area contributed by atoms with Crippen molar-refractivity contribution in [2.75, 3.05) is 13.1 Å². The predicted molar refractivity (Wildman–Crippen MR) is 93.8 cm³/mol. The molecule has 1 unspecified atom stereocenters. The molecule has 0 amide bonds. The van der Waals surface area contributed by atoms with Gasteiger partial charge in [-0.1, -0.05) is 26.0 Å². The van der Waals surface area contributed by atoms with Crippen LogP contribution in [0.5, 0.6) is 5.75 Å². The molecule has 2 N–H and O–H groups in total. The molecule has 2 aliphatic heterocycles. The molecule has 1 atom stereocenters. The monoisotopic (exact) mass is 324 g/mol. The largest absolute Gasteiger partial charge is 0.487 e. The fraction of sp³-hybridized carbons (Fsp3) is 0.667. The third kappa shape index (κ3) is 3.58. The molecular formula is C18H29ClN2O. The lowest BCUT2D eigenvalue weighted by molar-refractivity contribution is 0.0898. The van der Waals surface area contributed by atoms with Gasteiger partial charge in [0.2, 0.25) is 0 Å². The minimum atomic E-state index is -0.0547. The van der Waals surface area contributed by atoms with Crippen molar-refractivity contribution in [1.82, 2.24) is 4.90 Å². The Morgan fingerprint density at radius 3 is 2.68 bits per heavy atom. The zero-order valence-corrected chi connectivity index (χ0v) is 15.0. The summed E-state index contributed by atoms with van der Waals surface area (Å²) in [5, 5.41) is 0. The van der Waals surface area contributed by atoms with Gasteiger partial charge in [0.05, 0.1) is 0 Å². The van der Waals surface area contributed by atoms with Crippen LogP contribution in [-0.2, 0) is 13.0 Å². The number of piperidine rings is 1. The van der Waals surface area contributed by atoms with E-state index < -0.39 is 0 Å². The van der Waals surface area contributed by atoms with E-state index in [1.807, 2.05) is 0 Å². The van der Waals surface area contributed by atoms with E-state index in [2.05, 4.69) is 50.8 Å². The molecule has 1 fully saturated rings.